The van der Waals surface area contributed by atoms with E-state index in [2.05, 4.69) is 18.3 Å². The summed E-state index contributed by atoms with van der Waals surface area (Å²) in [4.78, 5) is 15.6. The van der Waals surface area contributed by atoms with Crippen molar-refractivity contribution in [2.45, 2.75) is 23.5 Å². The second-order valence-electron chi connectivity index (χ2n) is 5.14. The van der Waals surface area contributed by atoms with E-state index >= 15 is 0 Å². The third-order valence-corrected chi connectivity index (χ3v) is 5.40. The first kappa shape index (κ1) is 15.3. The summed E-state index contributed by atoms with van der Waals surface area (Å²) in [5, 5.41) is 3.86. The molecule has 1 heterocycles. The summed E-state index contributed by atoms with van der Waals surface area (Å²) in [5.74, 6) is 0. The van der Waals surface area contributed by atoms with Crippen molar-refractivity contribution < 1.29 is 4.79 Å². The van der Waals surface area contributed by atoms with Crippen LogP contribution in [0.2, 0.25) is 5.02 Å². The monoisotopic (exact) mass is 332 g/mol. The number of hydrogen-bond acceptors (Lipinski definition) is 2. The third-order valence-electron chi connectivity index (χ3n) is 3.65. The van der Waals surface area contributed by atoms with Gasteiger partial charge in [-0.15, -0.1) is 11.8 Å². The zero-order chi connectivity index (χ0) is 15.5. The number of carbonyl (C=O) groups excluding carboxylic acids is 1. The number of anilines is 2. The van der Waals surface area contributed by atoms with Gasteiger partial charge < -0.3 is 5.32 Å². The maximum absolute atomic E-state index is 12.7. The smallest absolute Gasteiger partial charge is 0.306 e. The minimum absolute atomic E-state index is 0.140. The zero-order valence-electron chi connectivity index (χ0n) is 12.3. The molecule has 1 aliphatic heterocycles. The number of amides is 2. The lowest BCUT2D eigenvalue weighted by molar-refractivity contribution is 0.256. The van der Waals surface area contributed by atoms with E-state index in [4.69, 9.17) is 11.6 Å². The van der Waals surface area contributed by atoms with E-state index in [-0.39, 0.29) is 6.03 Å². The fourth-order valence-electron chi connectivity index (χ4n) is 2.45. The number of hydrogen-bond donors (Lipinski definition) is 1. The molecule has 2 amide bonds. The number of nitrogens with one attached hydrogen (secondary N) is 1. The molecule has 0 bridgehead atoms. The minimum atomic E-state index is -0.140. The van der Waals surface area contributed by atoms with Crippen molar-refractivity contribution >= 4 is 40.8 Å². The molecule has 0 fully saturated rings. The molecule has 1 aliphatic rings. The van der Waals surface area contributed by atoms with Crippen molar-refractivity contribution in [3.05, 3.63) is 53.6 Å². The lowest BCUT2D eigenvalue weighted by Crippen LogP contribution is -2.41. The van der Waals surface area contributed by atoms with Gasteiger partial charge in [-0.2, -0.15) is 0 Å². The van der Waals surface area contributed by atoms with E-state index in [9.17, 15) is 4.79 Å². The highest BCUT2D eigenvalue weighted by Crippen LogP contribution is 2.39. The second-order valence-corrected chi connectivity index (χ2v) is 6.89. The zero-order valence-corrected chi connectivity index (χ0v) is 13.8. The van der Waals surface area contributed by atoms with Crippen molar-refractivity contribution in [2.75, 3.05) is 16.8 Å². The van der Waals surface area contributed by atoms with Crippen LogP contribution < -0.4 is 10.2 Å². The summed E-state index contributed by atoms with van der Waals surface area (Å²) in [6.45, 7) is 2.85. The number of nitrogens with zero attached hydrogens (tertiary/aromatic N) is 1. The Bertz CT molecular complexity index is 692. The van der Waals surface area contributed by atoms with Crippen LogP contribution in [0, 0.1) is 0 Å². The molecular weight excluding hydrogens is 316 g/mol. The average Bonchev–Trinajstić information content (AvgIpc) is 2.55. The molecule has 0 saturated heterocycles. The van der Waals surface area contributed by atoms with Gasteiger partial charge in [-0.3, -0.25) is 4.90 Å². The highest BCUT2D eigenvalue weighted by Gasteiger charge is 2.28. The summed E-state index contributed by atoms with van der Waals surface area (Å²) in [5.41, 5.74) is 1.60. The normalized spacial score (nSPS) is 17.0. The fourth-order valence-corrected chi connectivity index (χ4v) is 3.84. The molecule has 1 atom stereocenters. The maximum Gasteiger partial charge on any atom is 0.326 e. The molecule has 0 spiro atoms. The molecule has 0 aliphatic carbocycles. The Balaban J connectivity index is 1.87. The lowest BCUT2D eigenvalue weighted by atomic mass is 10.2. The first-order valence-corrected chi connectivity index (χ1v) is 8.53. The first-order valence-electron chi connectivity index (χ1n) is 7.27. The summed E-state index contributed by atoms with van der Waals surface area (Å²) in [7, 11) is 0. The van der Waals surface area contributed by atoms with Gasteiger partial charge >= 0.3 is 6.03 Å². The molecule has 1 N–H and O–H groups in total. The molecule has 2 aromatic carbocycles. The van der Waals surface area contributed by atoms with Crippen LogP contribution in [0.15, 0.2) is 53.4 Å². The van der Waals surface area contributed by atoms with E-state index in [1.807, 2.05) is 53.1 Å². The molecule has 0 saturated carbocycles. The number of benzene rings is 2. The highest BCUT2D eigenvalue weighted by molar-refractivity contribution is 8.00. The van der Waals surface area contributed by atoms with E-state index in [1.165, 1.54) is 0 Å². The minimum Gasteiger partial charge on any atom is -0.306 e. The summed E-state index contributed by atoms with van der Waals surface area (Å²) in [6.07, 6.45) is 1.02. The Morgan fingerprint density at radius 3 is 2.77 bits per heavy atom. The number of carbonyl (C=O) groups is 1. The predicted octanol–water partition coefficient (Wildman–Crippen LogP) is 5.26. The Hall–Kier alpha value is -1.65. The van der Waals surface area contributed by atoms with Crippen LogP contribution in [0.4, 0.5) is 16.2 Å². The Morgan fingerprint density at radius 2 is 2.00 bits per heavy atom. The molecule has 0 radical (unpaired) electrons. The maximum atomic E-state index is 12.7. The standard InChI is InChI=1S/C17H17ClN2OS/c1-2-12-11-20(15-9-5-6-10-16(15)22-12)17(21)19-14-8-4-3-7-13(14)18/h3-10,12H,2,11H2,1H3,(H,19,21). The number of rotatable bonds is 2. The topological polar surface area (TPSA) is 32.3 Å². The molecule has 2 aromatic rings. The van der Waals surface area contributed by atoms with Gasteiger partial charge in [0.15, 0.2) is 0 Å². The van der Waals surface area contributed by atoms with E-state index in [1.54, 1.807) is 6.07 Å². The number of para-hydroxylation sites is 2. The van der Waals surface area contributed by atoms with Crippen molar-refractivity contribution in [3.63, 3.8) is 0 Å². The van der Waals surface area contributed by atoms with Crippen molar-refractivity contribution in [1.82, 2.24) is 0 Å². The Labute approximate surface area is 139 Å². The van der Waals surface area contributed by atoms with E-state index in [0.717, 1.165) is 17.0 Å². The highest BCUT2D eigenvalue weighted by atomic mass is 35.5. The molecule has 22 heavy (non-hydrogen) atoms. The van der Waals surface area contributed by atoms with Gasteiger partial charge in [-0.1, -0.05) is 42.8 Å². The summed E-state index contributed by atoms with van der Waals surface area (Å²) in [6, 6.07) is 15.2. The van der Waals surface area contributed by atoms with Gasteiger partial charge in [0.2, 0.25) is 0 Å². The molecule has 1 unspecified atom stereocenters. The van der Waals surface area contributed by atoms with Crippen LogP contribution in [0.1, 0.15) is 13.3 Å². The summed E-state index contributed by atoms with van der Waals surface area (Å²) >= 11 is 7.97. The van der Waals surface area contributed by atoms with Crippen molar-refractivity contribution in [2.24, 2.45) is 0 Å². The number of halogens is 1. The SMILES string of the molecule is CCC1CN(C(=O)Nc2ccccc2Cl)c2ccccc2S1. The third kappa shape index (κ3) is 3.08. The number of thioether (sulfide) groups is 1. The second kappa shape index (κ2) is 6.63. The quantitative estimate of drug-likeness (QED) is 0.813. The molecule has 3 nitrogen and oxygen atoms in total. The van der Waals surface area contributed by atoms with Gasteiger partial charge in [-0.25, -0.2) is 4.79 Å². The lowest BCUT2D eigenvalue weighted by Gasteiger charge is -2.33. The van der Waals surface area contributed by atoms with Crippen LogP contribution in [0.3, 0.4) is 0 Å². The van der Waals surface area contributed by atoms with E-state index < -0.39 is 0 Å². The van der Waals surface area contributed by atoms with Crippen molar-refractivity contribution in [1.29, 1.82) is 0 Å². The predicted molar refractivity (Wildman–Crippen MR) is 94.2 cm³/mol. The van der Waals surface area contributed by atoms with Crippen LogP contribution in [0.25, 0.3) is 0 Å². The van der Waals surface area contributed by atoms with Crippen molar-refractivity contribution in [3.8, 4) is 0 Å². The van der Waals surface area contributed by atoms with Crippen LogP contribution in [0.5, 0.6) is 0 Å². The van der Waals surface area contributed by atoms with Crippen LogP contribution in [-0.2, 0) is 0 Å². The number of fused-ring (bicyclic) bond motifs is 1. The van der Waals surface area contributed by atoms with Gasteiger partial charge in [0.05, 0.1) is 16.4 Å². The molecule has 3 rings (SSSR count). The average molecular weight is 333 g/mol. The molecule has 5 heteroatoms. The van der Waals surface area contributed by atoms with Crippen LogP contribution >= 0.6 is 23.4 Å². The number of urea groups is 1. The Kier molecular flexibility index (Phi) is 4.60. The first-order chi connectivity index (χ1) is 10.7. The summed E-state index contributed by atoms with van der Waals surface area (Å²) < 4.78 is 0. The van der Waals surface area contributed by atoms with Gasteiger partial charge in [0.25, 0.3) is 0 Å². The fraction of sp³-hybridized carbons (Fsp3) is 0.235. The Morgan fingerprint density at radius 1 is 1.27 bits per heavy atom. The van der Waals surface area contributed by atoms with Gasteiger partial charge in [-0.05, 0) is 30.7 Å². The van der Waals surface area contributed by atoms with Gasteiger partial charge in [0.1, 0.15) is 0 Å². The molecule has 0 aromatic heterocycles. The van der Waals surface area contributed by atoms with E-state index in [0.29, 0.717) is 22.5 Å². The van der Waals surface area contributed by atoms with Crippen LogP contribution in [-0.4, -0.2) is 17.8 Å². The van der Waals surface area contributed by atoms with Gasteiger partial charge in [0, 0.05) is 16.7 Å². The largest absolute Gasteiger partial charge is 0.326 e. The molecule has 114 valence electrons. The molecular formula is C17H17ClN2OS.